The number of aryl methyl sites for hydroxylation is 12. The average molecular weight is 1460 g/mol. The number of hydrogen-bond donors (Lipinski definition) is 0. The first-order valence-electron chi connectivity index (χ1n) is 39.9. The highest BCUT2D eigenvalue weighted by Crippen LogP contribution is 2.60. The minimum absolute atomic E-state index is 0.0680. The topological polar surface area (TPSA) is 82.3 Å². The molecule has 0 saturated carbocycles. The van der Waals surface area contributed by atoms with E-state index in [2.05, 4.69) is 335 Å². The van der Waals surface area contributed by atoms with Crippen molar-refractivity contribution < 1.29 is 0 Å². The number of benzene rings is 12. The van der Waals surface area contributed by atoms with Crippen LogP contribution in [0, 0.1) is 118 Å². The molecule has 5 heterocycles. The van der Waals surface area contributed by atoms with Crippen LogP contribution in [0.4, 0.5) is 0 Å². The lowest BCUT2D eigenvalue weighted by Gasteiger charge is -2.23. The largest absolute Gasteiger partial charge is 0.341 e. The van der Waals surface area contributed by atoms with Gasteiger partial charge in [-0.15, -0.1) is 0 Å². The SMILES string of the molecule is CCn1c2ccc(-c3ccc4ccc(-c5ccc6ccc(C7c8c(C)c(C)c(C)c(-c9cccc(-c%10c(C)ncnc%10C)c9)c8-c8c(-c9cccc(-c%10c(C)nc(C)nc%10C)c9)c(C)c(C)c(C)c87)cc6c5)cc4c3)cc2c2cc(-c3cccc(-c4c(C)cc(C)nc4C)c3)c(-c3cccc(-c4c(C)cc(C)nc4C)c3)cc21. The highest BCUT2D eigenvalue weighted by molar-refractivity contribution is 6.13. The van der Waals surface area contributed by atoms with Gasteiger partial charge in [0.2, 0.25) is 0 Å². The molecule has 5 aromatic heterocycles. The van der Waals surface area contributed by atoms with E-state index in [4.69, 9.17) is 29.9 Å². The highest BCUT2D eigenvalue weighted by atomic mass is 15.0. The van der Waals surface area contributed by atoms with E-state index in [0.717, 1.165) is 85.7 Å². The predicted molar refractivity (Wildman–Crippen MR) is 475 cm³/mol. The molecule has 0 amide bonds. The molecule has 0 bridgehead atoms. The van der Waals surface area contributed by atoms with Crippen molar-refractivity contribution in [3.63, 3.8) is 0 Å². The van der Waals surface area contributed by atoms with Crippen LogP contribution >= 0.6 is 0 Å². The van der Waals surface area contributed by atoms with Gasteiger partial charge in [-0.3, -0.25) is 9.97 Å². The molecule has 0 radical (unpaired) electrons. The molecule has 1 atom stereocenters. The zero-order valence-corrected chi connectivity index (χ0v) is 68.2. The summed E-state index contributed by atoms with van der Waals surface area (Å²) in [5.74, 6) is 0.720. The molecule has 0 N–H and O–H groups in total. The number of fused-ring (bicyclic) bond motifs is 8. The van der Waals surface area contributed by atoms with Gasteiger partial charge in [-0.05, 0) is 386 Å². The summed E-state index contributed by atoms with van der Waals surface area (Å²) in [6, 6.07) is 81.4. The van der Waals surface area contributed by atoms with E-state index in [-0.39, 0.29) is 5.92 Å². The van der Waals surface area contributed by atoms with Crippen LogP contribution in [-0.4, -0.2) is 34.5 Å². The fraction of sp³-hybridized carbons (Fsp3) is 0.189. The van der Waals surface area contributed by atoms with Crippen molar-refractivity contribution in [3.8, 4) is 122 Å². The van der Waals surface area contributed by atoms with E-state index in [9.17, 15) is 0 Å². The van der Waals surface area contributed by atoms with Crippen molar-refractivity contribution in [1.82, 2.24) is 34.5 Å². The fourth-order valence-electron chi connectivity index (χ4n) is 19.8. The lowest BCUT2D eigenvalue weighted by Crippen LogP contribution is -2.07. The second kappa shape index (κ2) is 27.7. The van der Waals surface area contributed by atoms with Gasteiger partial charge in [0.05, 0.1) is 0 Å². The number of nitrogens with zero attached hydrogens (tertiary/aromatic N) is 7. The molecule has 7 nitrogen and oxygen atoms in total. The Morgan fingerprint density at radius 2 is 0.655 bits per heavy atom. The molecule has 0 saturated heterocycles. The van der Waals surface area contributed by atoms with E-state index < -0.39 is 0 Å². The first kappa shape index (κ1) is 72.0. The lowest BCUT2D eigenvalue weighted by atomic mass is 9.80. The molecule has 12 aromatic carbocycles. The third-order valence-corrected chi connectivity index (χ3v) is 25.2. The number of hydrogen-bond acceptors (Lipinski definition) is 6. The number of aromatic nitrogens is 7. The van der Waals surface area contributed by atoms with Crippen LogP contribution in [-0.2, 0) is 6.54 Å². The van der Waals surface area contributed by atoms with Crippen LogP contribution in [0.15, 0.2) is 219 Å². The van der Waals surface area contributed by atoms with Crippen molar-refractivity contribution in [2.75, 3.05) is 0 Å². The van der Waals surface area contributed by atoms with E-state index in [1.807, 2.05) is 6.92 Å². The molecule has 1 aliphatic rings. The summed E-state index contributed by atoms with van der Waals surface area (Å²) in [7, 11) is 0. The second-order valence-corrected chi connectivity index (χ2v) is 32.1. The van der Waals surface area contributed by atoms with Gasteiger partial charge in [0.1, 0.15) is 12.2 Å². The summed E-state index contributed by atoms with van der Waals surface area (Å²) in [6.07, 6.45) is 1.68. The van der Waals surface area contributed by atoms with Crippen molar-refractivity contribution in [2.24, 2.45) is 0 Å². The Kier molecular flexibility index (Phi) is 17.7. The standard InChI is InChI=1S/C106H93N7/c1-19-113-94-41-40-78(52-92(94)93-53-90(79-24-20-26-81(47-79)96-56(2)42-58(4)109-68(96)14)91(54-95(93)113)80-25-21-27-82(48-80)97-57(3)43-59(5)110-69(97)15)77-38-34-73-32-36-75(44-88(73)46-77)76-37-33-74-35-39-87(51-89(74)45-76)104-100-64(10)60(6)62(8)98(83-28-22-30-85(49-83)102-66(12)107-55-108-67(102)13)105(100)106-99(63(9)61(7)65(11)101(104)106)84-29-23-31-86(50-84)103-70(16)111-72(18)112-71(103)17/h20-55,104H,19H2,1-18H3. The van der Waals surface area contributed by atoms with Gasteiger partial charge in [0, 0.05) is 102 Å². The summed E-state index contributed by atoms with van der Waals surface area (Å²) >= 11 is 0. The molecule has 1 unspecified atom stereocenters. The molecule has 0 aliphatic heterocycles. The third-order valence-electron chi connectivity index (χ3n) is 25.2. The molecular formula is C106H93N7. The maximum atomic E-state index is 4.96. The molecule has 1 aliphatic carbocycles. The van der Waals surface area contributed by atoms with Crippen LogP contribution < -0.4 is 0 Å². The smallest absolute Gasteiger partial charge is 0.125 e. The normalized spacial score (nSPS) is 12.6. The summed E-state index contributed by atoms with van der Waals surface area (Å²) < 4.78 is 2.50. The Balaban J connectivity index is 0.764. The minimum Gasteiger partial charge on any atom is -0.341 e. The van der Waals surface area contributed by atoms with Gasteiger partial charge in [-0.25, -0.2) is 19.9 Å². The van der Waals surface area contributed by atoms with E-state index in [0.29, 0.717) is 0 Å². The highest BCUT2D eigenvalue weighted by Gasteiger charge is 2.40. The maximum Gasteiger partial charge on any atom is 0.125 e. The van der Waals surface area contributed by atoms with E-state index in [1.165, 1.54) is 199 Å². The molecule has 7 heteroatoms. The van der Waals surface area contributed by atoms with Gasteiger partial charge in [0.15, 0.2) is 0 Å². The van der Waals surface area contributed by atoms with Crippen LogP contribution in [0.3, 0.4) is 0 Å². The van der Waals surface area contributed by atoms with Gasteiger partial charge in [-0.1, -0.05) is 133 Å². The Morgan fingerprint density at radius 3 is 1.12 bits per heavy atom. The Hall–Kier alpha value is -12.6. The Bertz CT molecular complexity index is 6850. The summed E-state index contributed by atoms with van der Waals surface area (Å²) in [5.41, 5.74) is 51.0. The van der Waals surface area contributed by atoms with Crippen LogP contribution in [0.5, 0.6) is 0 Å². The fourth-order valence-corrected chi connectivity index (χ4v) is 19.8. The first-order valence-corrected chi connectivity index (χ1v) is 39.9. The molecule has 17 aromatic rings. The molecule has 0 fully saturated rings. The second-order valence-electron chi connectivity index (χ2n) is 32.1. The monoisotopic (exact) mass is 1460 g/mol. The summed E-state index contributed by atoms with van der Waals surface area (Å²) in [4.78, 5) is 29.1. The van der Waals surface area contributed by atoms with Gasteiger partial charge < -0.3 is 4.57 Å². The van der Waals surface area contributed by atoms with Crippen LogP contribution in [0.25, 0.3) is 166 Å². The summed E-state index contributed by atoms with van der Waals surface area (Å²) in [5, 5.41) is 7.29. The molecule has 18 rings (SSSR count). The number of pyridine rings is 2. The predicted octanol–water partition coefficient (Wildman–Crippen LogP) is 27.6. The average Bonchev–Trinajstić information content (AvgIpc) is 1.53. The molecule has 552 valence electrons. The van der Waals surface area contributed by atoms with Gasteiger partial charge in [-0.2, -0.15) is 0 Å². The number of rotatable bonds is 12. The zero-order chi connectivity index (χ0) is 78.4. The maximum absolute atomic E-state index is 4.96. The van der Waals surface area contributed by atoms with Crippen molar-refractivity contribution in [1.29, 1.82) is 0 Å². The van der Waals surface area contributed by atoms with Crippen molar-refractivity contribution >= 4 is 43.4 Å². The third kappa shape index (κ3) is 12.0. The molecule has 0 spiro atoms. The molecular weight excluding hydrogens is 1370 g/mol. The van der Waals surface area contributed by atoms with Crippen LogP contribution in [0.1, 0.15) is 125 Å². The van der Waals surface area contributed by atoms with Gasteiger partial charge >= 0.3 is 0 Å². The minimum atomic E-state index is -0.0680. The quantitative estimate of drug-likeness (QED) is 0.121. The lowest BCUT2D eigenvalue weighted by molar-refractivity contribution is 0.827. The summed E-state index contributed by atoms with van der Waals surface area (Å²) in [6.45, 7) is 40.5. The van der Waals surface area contributed by atoms with Gasteiger partial charge in [0.25, 0.3) is 0 Å². The zero-order valence-electron chi connectivity index (χ0n) is 68.2. The van der Waals surface area contributed by atoms with Crippen LogP contribution in [0.2, 0.25) is 0 Å². The van der Waals surface area contributed by atoms with E-state index >= 15 is 0 Å². The van der Waals surface area contributed by atoms with Crippen molar-refractivity contribution in [2.45, 2.75) is 137 Å². The van der Waals surface area contributed by atoms with E-state index in [1.54, 1.807) is 6.33 Å². The van der Waals surface area contributed by atoms with Crippen molar-refractivity contribution in [3.05, 3.63) is 331 Å². The Labute approximate surface area is 664 Å². The Morgan fingerprint density at radius 1 is 0.274 bits per heavy atom. The first-order chi connectivity index (χ1) is 54.5. The molecule has 113 heavy (non-hydrogen) atoms.